The predicted molar refractivity (Wildman–Crippen MR) is 74.6 cm³/mol. The van der Waals surface area contributed by atoms with Gasteiger partial charge in [-0.1, -0.05) is 19.9 Å². The molecule has 0 atom stereocenters. The van der Waals surface area contributed by atoms with Crippen LogP contribution in [0.1, 0.15) is 45.2 Å². The van der Waals surface area contributed by atoms with Crippen molar-refractivity contribution in [3.63, 3.8) is 0 Å². The second kappa shape index (κ2) is 5.18. The second-order valence-electron chi connectivity index (χ2n) is 6.26. The third-order valence-corrected chi connectivity index (χ3v) is 4.00. The van der Waals surface area contributed by atoms with Gasteiger partial charge in [-0.2, -0.15) is 5.26 Å². The largest absolute Gasteiger partial charge is 0.388 e. The highest BCUT2D eigenvalue weighted by atomic mass is 16.3. The van der Waals surface area contributed by atoms with E-state index < -0.39 is 5.60 Å². The van der Waals surface area contributed by atoms with E-state index in [0.29, 0.717) is 23.5 Å². The third kappa shape index (κ3) is 3.68. The summed E-state index contributed by atoms with van der Waals surface area (Å²) in [5.74, 6) is 0.650. The molecule has 0 unspecified atom stereocenters. The van der Waals surface area contributed by atoms with Gasteiger partial charge in [0.25, 0.3) is 0 Å². The number of anilines is 1. The topological polar surface area (TPSA) is 68.9 Å². The summed E-state index contributed by atoms with van der Waals surface area (Å²) >= 11 is 0. The fourth-order valence-corrected chi connectivity index (χ4v) is 2.42. The maximum Gasteiger partial charge on any atom is 0.142 e. The summed E-state index contributed by atoms with van der Waals surface area (Å²) in [6.07, 6.45) is 3.70. The van der Waals surface area contributed by atoms with Crippen LogP contribution in [-0.4, -0.2) is 22.2 Å². The minimum atomic E-state index is -0.653. The van der Waals surface area contributed by atoms with Gasteiger partial charge in [-0.05, 0) is 43.2 Å². The van der Waals surface area contributed by atoms with E-state index in [2.05, 4.69) is 24.1 Å². The zero-order valence-corrected chi connectivity index (χ0v) is 11.6. The molecule has 0 radical (unpaired) electrons. The van der Waals surface area contributed by atoms with Gasteiger partial charge in [0, 0.05) is 6.54 Å². The molecule has 1 saturated carbocycles. The Morgan fingerprint density at radius 2 is 2.00 bits per heavy atom. The summed E-state index contributed by atoms with van der Waals surface area (Å²) < 4.78 is 0. The van der Waals surface area contributed by atoms with Crippen LogP contribution in [0.25, 0.3) is 0 Å². The maximum atomic E-state index is 10.5. The molecule has 0 aromatic carbocycles. The molecule has 4 heteroatoms. The van der Waals surface area contributed by atoms with Gasteiger partial charge in [-0.3, -0.25) is 0 Å². The Morgan fingerprint density at radius 3 is 2.63 bits per heavy atom. The minimum Gasteiger partial charge on any atom is -0.388 e. The van der Waals surface area contributed by atoms with Gasteiger partial charge in [0.05, 0.1) is 5.60 Å². The Labute approximate surface area is 114 Å². The summed E-state index contributed by atoms with van der Waals surface area (Å²) in [4.78, 5) is 4.15. The van der Waals surface area contributed by atoms with Crippen LogP contribution in [0.3, 0.4) is 0 Å². The van der Waals surface area contributed by atoms with Crippen LogP contribution in [0.15, 0.2) is 18.2 Å². The summed E-state index contributed by atoms with van der Waals surface area (Å²) in [7, 11) is 0. The SMILES string of the molecule is CC1(C)CCC(O)(CNc2cccc(C#N)n2)CC1. The number of rotatable bonds is 3. The van der Waals surface area contributed by atoms with Gasteiger partial charge in [0.15, 0.2) is 0 Å². The van der Waals surface area contributed by atoms with Gasteiger partial charge in [-0.25, -0.2) is 4.98 Å². The van der Waals surface area contributed by atoms with E-state index in [0.717, 1.165) is 25.7 Å². The number of aliphatic hydroxyl groups is 1. The number of hydrogen-bond donors (Lipinski definition) is 2. The molecule has 102 valence electrons. The standard InChI is InChI=1S/C15H21N3O/c1-14(2)6-8-15(19,9-7-14)11-17-13-5-3-4-12(10-16)18-13/h3-5,19H,6-9,11H2,1-2H3,(H,17,18). The van der Waals surface area contributed by atoms with Crippen LogP contribution in [0.2, 0.25) is 0 Å². The van der Waals surface area contributed by atoms with E-state index in [-0.39, 0.29) is 0 Å². The van der Waals surface area contributed by atoms with Gasteiger partial charge >= 0.3 is 0 Å². The zero-order chi connectivity index (χ0) is 13.9. The van der Waals surface area contributed by atoms with E-state index in [9.17, 15) is 5.11 Å². The Balaban J connectivity index is 1.93. The van der Waals surface area contributed by atoms with Crippen LogP contribution >= 0.6 is 0 Å². The summed E-state index contributed by atoms with van der Waals surface area (Å²) in [5.41, 5.74) is 0.0761. The first-order valence-electron chi connectivity index (χ1n) is 6.76. The van der Waals surface area contributed by atoms with Gasteiger partial charge in [-0.15, -0.1) is 0 Å². The summed E-state index contributed by atoms with van der Waals surface area (Å²) in [6, 6.07) is 7.29. The lowest BCUT2D eigenvalue weighted by molar-refractivity contribution is -0.0145. The molecule has 1 heterocycles. The fraction of sp³-hybridized carbons (Fsp3) is 0.600. The van der Waals surface area contributed by atoms with E-state index in [1.54, 1.807) is 12.1 Å². The monoisotopic (exact) mass is 259 g/mol. The molecule has 2 N–H and O–H groups in total. The molecular formula is C15H21N3O. The van der Waals surface area contributed by atoms with Crippen LogP contribution in [0.4, 0.5) is 5.82 Å². The highest BCUT2D eigenvalue weighted by Gasteiger charge is 2.36. The lowest BCUT2D eigenvalue weighted by Crippen LogP contribution is -2.42. The highest BCUT2D eigenvalue weighted by Crippen LogP contribution is 2.40. The van der Waals surface area contributed by atoms with E-state index >= 15 is 0 Å². The molecule has 4 nitrogen and oxygen atoms in total. The van der Waals surface area contributed by atoms with Crippen molar-refractivity contribution < 1.29 is 5.11 Å². The zero-order valence-electron chi connectivity index (χ0n) is 11.6. The van der Waals surface area contributed by atoms with Crippen LogP contribution in [-0.2, 0) is 0 Å². The lowest BCUT2D eigenvalue weighted by atomic mass is 9.71. The van der Waals surface area contributed by atoms with Crippen molar-refractivity contribution in [2.75, 3.05) is 11.9 Å². The van der Waals surface area contributed by atoms with E-state index in [1.165, 1.54) is 0 Å². The van der Waals surface area contributed by atoms with Crippen molar-refractivity contribution in [3.05, 3.63) is 23.9 Å². The first kappa shape index (κ1) is 13.8. The van der Waals surface area contributed by atoms with Crippen molar-refractivity contribution in [2.24, 2.45) is 5.41 Å². The Hall–Kier alpha value is -1.60. The Bertz CT molecular complexity index is 480. The average molecular weight is 259 g/mol. The van der Waals surface area contributed by atoms with Crippen molar-refractivity contribution in [3.8, 4) is 6.07 Å². The molecule has 0 amide bonds. The van der Waals surface area contributed by atoms with Crippen molar-refractivity contribution in [2.45, 2.75) is 45.1 Å². The van der Waals surface area contributed by atoms with Crippen molar-refractivity contribution >= 4 is 5.82 Å². The van der Waals surface area contributed by atoms with Crippen LogP contribution < -0.4 is 5.32 Å². The number of nitrogens with zero attached hydrogens (tertiary/aromatic N) is 2. The molecule has 1 aromatic heterocycles. The molecule has 1 aliphatic rings. The first-order chi connectivity index (χ1) is 8.92. The second-order valence-corrected chi connectivity index (χ2v) is 6.26. The number of pyridine rings is 1. The third-order valence-electron chi connectivity index (χ3n) is 4.00. The lowest BCUT2D eigenvalue weighted by Gasteiger charge is -2.40. The quantitative estimate of drug-likeness (QED) is 0.875. The molecular weight excluding hydrogens is 238 g/mol. The molecule has 19 heavy (non-hydrogen) atoms. The van der Waals surface area contributed by atoms with Crippen LogP contribution in [0.5, 0.6) is 0 Å². The summed E-state index contributed by atoms with van der Waals surface area (Å²) in [5, 5.41) is 22.5. The molecule has 1 fully saturated rings. The maximum absolute atomic E-state index is 10.5. The van der Waals surface area contributed by atoms with Gasteiger partial charge < -0.3 is 10.4 Å². The Morgan fingerprint density at radius 1 is 1.32 bits per heavy atom. The molecule has 0 spiro atoms. The van der Waals surface area contributed by atoms with Crippen molar-refractivity contribution in [1.82, 2.24) is 4.98 Å². The molecule has 1 aromatic rings. The molecule has 0 aliphatic heterocycles. The number of hydrogen-bond acceptors (Lipinski definition) is 4. The summed E-state index contributed by atoms with van der Waals surface area (Å²) in [6.45, 7) is 4.99. The highest BCUT2D eigenvalue weighted by molar-refractivity contribution is 5.38. The van der Waals surface area contributed by atoms with Gasteiger partial charge in [0.1, 0.15) is 17.6 Å². The molecule has 1 aliphatic carbocycles. The molecule has 0 bridgehead atoms. The number of aromatic nitrogens is 1. The fourth-order valence-electron chi connectivity index (χ4n) is 2.42. The molecule has 2 rings (SSSR count). The number of nitrogens with one attached hydrogen (secondary N) is 1. The first-order valence-corrected chi connectivity index (χ1v) is 6.76. The average Bonchev–Trinajstić information content (AvgIpc) is 2.41. The smallest absolute Gasteiger partial charge is 0.142 e. The normalized spacial score (nSPS) is 20.5. The van der Waals surface area contributed by atoms with E-state index in [4.69, 9.17) is 5.26 Å². The number of nitriles is 1. The minimum absolute atomic E-state index is 0.338. The van der Waals surface area contributed by atoms with Crippen molar-refractivity contribution in [1.29, 1.82) is 5.26 Å². The van der Waals surface area contributed by atoms with Gasteiger partial charge in [0.2, 0.25) is 0 Å². The Kier molecular flexibility index (Phi) is 3.77. The molecule has 0 saturated heterocycles. The van der Waals surface area contributed by atoms with E-state index in [1.807, 2.05) is 12.1 Å². The van der Waals surface area contributed by atoms with Crippen LogP contribution in [0, 0.1) is 16.7 Å². The predicted octanol–water partition coefficient (Wildman–Crippen LogP) is 2.70.